The van der Waals surface area contributed by atoms with Crippen molar-refractivity contribution in [2.24, 2.45) is 0 Å². The molecule has 0 amide bonds. The summed E-state index contributed by atoms with van der Waals surface area (Å²) in [5.41, 5.74) is 16.0. The maximum absolute atomic E-state index is 9.14. The van der Waals surface area contributed by atoms with Crippen LogP contribution in [0.3, 0.4) is 0 Å². The second-order valence-electron chi connectivity index (χ2n) is 14.1. The predicted molar refractivity (Wildman–Crippen MR) is 218 cm³/mol. The number of benzene rings is 6. The number of rotatable bonds is 8. The van der Waals surface area contributed by atoms with Crippen LogP contribution in [0.25, 0.3) is 34.4 Å². The van der Waals surface area contributed by atoms with E-state index in [0.717, 1.165) is 27.2 Å². The molecule has 0 aromatic heterocycles. The Bertz CT molecular complexity index is 2260. The third-order valence-corrected chi connectivity index (χ3v) is 31.0. The molecule has 2 aliphatic rings. The summed E-state index contributed by atoms with van der Waals surface area (Å²) in [6.45, 7) is 6.69. The molecular formula is C48H42Cl2Zr. The molecule has 0 aliphatic heterocycles. The van der Waals surface area contributed by atoms with Gasteiger partial charge in [-0.1, -0.05) is 0 Å². The van der Waals surface area contributed by atoms with Crippen molar-refractivity contribution < 1.29 is 15.9 Å². The van der Waals surface area contributed by atoms with Crippen LogP contribution in [0.15, 0.2) is 163 Å². The molecule has 2 unspecified atom stereocenters. The first-order valence-corrected chi connectivity index (χ1v) is 28.6. The molecule has 0 saturated heterocycles. The molecular weight excluding hydrogens is 739 g/mol. The summed E-state index contributed by atoms with van der Waals surface area (Å²) in [6, 6.07) is 54.8. The van der Waals surface area contributed by atoms with Crippen LogP contribution in [0.1, 0.15) is 72.9 Å². The van der Waals surface area contributed by atoms with Crippen molar-refractivity contribution in [2.45, 2.75) is 40.9 Å². The Morgan fingerprint density at radius 2 is 0.902 bits per heavy atom. The molecule has 0 nitrogen and oxygen atoms in total. The Morgan fingerprint density at radius 1 is 0.490 bits per heavy atom. The van der Waals surface area contributed by atoms with Crippen LogP contribution >= 0.6 is 17.0 Å². The topological polar surface area (TPSA) is 0 Å². The van der Waals surface area contributed by atoms with E-state index in [1.807, 2.05) is 0 Å². The van der Waals surface area contributed by atoms with Gasteiger partial charge in [0.15, 0.2) is 0 Å². The van der Waals surface area contributed by atoms with Gasteiger partial charge in [-0.3, -0.25) is 0 Å². The van der Waals surface area contributed by atoms with E-state index in [1.54, 1.807) is 0 Å². The van der Waals surface area contributed by atoms with Crippen LogP contribution in [0, 0.1) is 6.92 Å². The molecule has 0 N–H and O–H groups in total. The van der Waals surface area contributed by atoms with Crippen LogP contribution in [0.4, 0.5) is 0 Å². The molecule has 0 radical (unpaired) electrons. The van der Waals surface area contributed by atoms with E-state index in [0.29, 0.717) is 0 Å². The minimum absolute atomic E-state index is 0.138. The molecule has 3 heteroatoms. The molecule has 0 spiro atoms. The Hall–Kier alpha value is -3.87. The summed E-state index contributed by atoms with van der Waals surface area (Å²) in [4.78, 5) is 0. The first kappa shape index (κ1) is 34.2. The first-order valence-electron chi connectivity index (χ1n) is 18.2. The fourth-order valence-electron chi connectivity index (χ4n) is 9.03. The quantitative estimate of drug-likeness (QED) is 0.144. The number of hydrogen-bond acceptors (Lipinski definition) is 0. The number of halogens is 2. The Morgan fingerprint density at radius 3 is 1.33 bits per heavy atom. The molecule has 252 valence electrons. The zero-order valence-corrected chi connectivity index (χ0v) is 33.4. The average Bonchev–Trinajstić information content (AvgIpc) is 3.77. The van der Waals surface area contributed by atoms with E-state index < -0.39 is 15.9 Å². The summed E-state index contributed by atoms with van der Waals surface area (Å²) in [7, 11) is 18.3. The van der Waals surface area contributed by atoms with Gasteiger partial charge in [0.25, 0.3) is 0 Å². The molecule has 0 fully saturated rings. The Kier molecular flexibility index (Phi) is 9.13. The fourth-order valence-corrected chi connectivity index (χ4v) is 32.3. The molecule has 2 aliphatic carbocycles. The van der Waals surface area contributed by atoms with Crippen LogP contribution < -0.4 is 0 Å². The second-order valence-corrected chi connectivity index (χ2v) is 34.6. The van der Waals surface area contributed by atoms with E-state index in [1.165, 1.54) is 61.2 Å². The molecule has 8 rings (SSSR count). The van der Waals surface area contributed by atoms with Crippen LogP contribution in [-0.4, -0.2) is 3.21 Å². The molecule has 51 heavy (non-hydrogen) atoms. The van der Waals surface area contributed by atoms with Gasteiger partial charge in [0.2, 0.25) is 0 Å². The summed E-state index contributed by atoms with van der Waals surface area (Å²) in [5, 5.41) is 0. The van der Waals surface area contributed by atoms with Gasteiger partial charge in [0.05, 0.1) is 0 Å². The van der Waals surface area contributed by atoms with Crippen molar-refractivity contribution in [1.82, 2.24) is 0 Å². The minimum atomic E-state index is -5.65. The fraction of sp³-hybridized carbons (Fsp3) is 0.146. The molecule has 0 bridgehead atoms. The van der Waals surface area contributed by atoms with Crippen molar-refractivity contribution in [2.75, 3.05) is 0 Å². The van der Waals surface area contributed by atoms with Crippen LogP contribution in [0.5, 0.6) is 0 Å². The van der Waals surface area contributed by atoms with E-state index >= 15 is 0 Å². The second kappa shape index (κ2) is 13.6. The molecule has 2 atom stereocenters. The monoisotopic (exact) mass is 778 g/mol. The van der Waals surface area contributed by atoms with Gasteiger partial charge >= 0.3 is 313 Å². The Labute approximate surface area is 310 Å². The van der Waals surface area contributed by atoms with Crippen molar-refractivity contribution in [3.05, 3.63) is 202 Å². The zero-order valence-electron chi connectivity index (χ0n) is 29.4. The van der Waals surface area contributed by atoms with Gasteiger partial charge in [-0.05, 0) is 0 Å². The van der Waals surface area contributed by atoms with Crippen molar-refractivity contribution in [3.63, 3.8) is 0 Å². The maximum atomic E-state index is 9.14. The molecule has 6 aromatic carbocycles. The standard InChI is InChI=1S/2C17H15.C14H12.2ClH.Zr/c2*1-2-13-11-15-9-6-10-16(17(15)12-13)14-7-4-3-5-8-14;1-12-7-9-14(10-8-12)11-13-5-3-2-4-6-13;;;/h2*3-12H,2H2,1H3;2-10H,1H3;2*1H;/q;;;;;+2/p-2. The van der Waals surface area contributed by atoms with E-state index in [-0.39, 0.29) is 7.25 Å². The predicted octanol–water partition coefficient (Wildman–Crippen LogP) is 14.0. The van der Waals surface area contributed by atoms with Crippen molar-refractivity contribution in [3.8, 4) is 22.3 Å². The molecule has 0 heterocycles. The van der Waals surface area contributed by atoms with Gasteiger partial charge < -0.3 is 0 Å². The van der Waals surface area contributed by atoms with E-state index in [2.05, 4.69) is 185 Å². The molecule has 0 saturated carbocycles. The van der Waals surface area contributed by atoms with E-state index in [9.17, 15) is 0 Å². The van der Waals surface area contributed by atoms with Crippen LogP contribution in [-0.2, 0) is 15.9 Å². The first-order chi connectivity index (χ1) is 24.8. The normalized spacial score (nSPS) is 16.7. The van der Waals surface area contributed by atoms with Gasteiger partial charge in [-0.25, -0.2) is 0 Å². The SMILES string of the molecule is CCC1=Cc2c(-c3ccccc3)cccc2[CH]1[Zr]([Cl])([Cl])(=[C](c1ccccc1)c1ccc(C)cc1)[CH]1C(CC)=Cc2c(-c3ccccc3)cccc21. The zero-order chi connectivity index (χ0) is 35.2. The number of allylic oxidation sites excluding steroid dienone is 2. The average molecular weight is 781 g/mol. The van der Waals surface area contributed by atoms with Crippen molar-refractivity contribution >= 4 is 32.4 Å². The summed E-state index contributed by atoms with van der Waals surface area (Å²) in [6.07, 6.45) is 6.59. The number of hydrogen-bond donors (Lipinski definition) is 0. The van der Waals surface area contributed by atoms with Gasteiger partial charge in [-0.15, -0.1) is 0 Å². The Balaban J connectivity index is 1.54. The van der Waals surface area contributed by atoms with Gasteiger partial charge in [0, 0.05) is 0 Å². The number of aryl methyl sites for hydroxylation is 1. The van der Waals surface area contributed by atoms with Gasteiger partial charge in [-0.2, -0.15) is 0 Å². The number of fused-ring (bicyclic) bond motifs is 2. The van der Waals surface area contributed by atoms with Crippen LogP contribution in [0.2, 0.25) is 0 Å². The summed E-state index contributed by atoms with van der Waals surface area (Å²) >= 11 is -5.65. The third kappa shape index (κ3) is 5.65. The summed E-state index contributed by atoms with van der Waals surface area (Å²) < 4.78 is 0.868. The van der Waals surface area contributed by atoms with Gasteiger partial charge in [0.1, 0.15) is 0 Å². The molecule has 6 aromatic rings. The van der Waals surface area contributed by atoms with E-state index in [4.69, 9.17) is 17.0 Å². The summed E-state index contributed by atoms with van der Waals surface area (Å²) in [5.74, 6) is 0. The third-order valence-electron chi connectivity index (χ3n) is 11.2. The van der Waals surface area contributed by atoms with Crippen molar-refractivity contribution in [1.29, 1.82) is 0 Å².